The number of ether oxygens (including phenoxy) is 6. The average Bonchev–Trinajstić information content (AvgIpc) is 3.29. The number of allylic oxidation sites excluding steroid dienone is 2. The summed E-state index contributed by atoms with van der Waals surface area (Å²) in [6.45, 7) is 10.2. The molecule has 0 aliphatic heterocycles. The standard InChI is InChI=1S/C54H82O8/c1-5-9-13-17-43-21-25-45(26-22-43)19-15-39-57-49-33-29-47(30-34-49)41-61-51(53(55)59-37-11-7-3)52(54(56)60-38-12-8-4)62-42-48-31-35-50(36-32-48)58-40-16-20-46-27-23-44(24-28-46)18-14-10-6-2/h15-16,19-20,29-36,43-46,51-52H,5-14,17-18,21-28,37-42H2,1-4H3/b19-15+,20-16+/t43-,44-,45-,46-,51-,52-/m1/s1. The number of carbonyl (C=O) groups excluding carboxylic acids is 2. The highest BCUT2D eigenvalue weighted by molar-refractivity contribution is 5.85. The van der Waals surface area contributed by atoms with Gasteiger partial charge in [-0.25, -0.2) is 9.59 Å². The van der Waals surface area contributed by atoms with Crippen molar-refractivity contribution in [2.75, 3.05) is 26.4 Å². The highest BCUT2D eigenvalue weighted by Crippen LogP contribution is 2.34. The molecule has 346 valence electrons. The first kappa shape index (κ1) is 51.0. The molecule has 2 saturated carbocycles. The summed E-state index contributed by atoms with van der Waals surface area (Å²) in [5, 5.41) is 0. The quantitative estimate of drug-likeness (QED) is 0.0421. The first-order chi connectivity index (χ1) is 30.4. The normalized spacial score (nSPS) is 20.3. The number of carbonyl (C=O) groups is 2. The molecule has 8 nitrogen and oxygen atoms in total. The molecule has 62 heavy (non-hydrogen) atoms. The summed E-state index contributed by atoms with van der Waals surface area (Å²) >= 11 is 0. The fraction of sp³-hybridized carbons (Fsp3) is 0.667. The molecule has 0 unspecified atom stereocenters. The van der Waals surface area contributed by atoms with Crippen LogP contribution in [0.15, 0.2) is 72.8 Å². The summed E-state index contributed by atoms with van der Waals surface area (Å²) in [5.41, 5.74) is 1.65. The Hall–Kier alpha value is -3.62. The van der Waals surface area contributed by atoms with E-state index in [0.717, 1.165) is 47.3 Å². The third-order valence-electron chi connectivity index (χ3n) is 12.7. The topological polar surface area (TPSA) is 89.5 Å². The van der Waals surface area contributed by atoms with Crippen molar-refractivity contribution in [3.05, 3.63) is 84.0 Å². The molecule has 2 aromatic rings. The highest BCUT2D eigenvalue weighted by atomic mass is 16.6. The zero-order chi connectivity index (χ0) is 44.0. The number of hydrogen-bond acceptors (Lipinski definition) is 8. The molecule has 2 atom stereocenters. The third-order valence-corrected chi connectivity index (χ3v) is 12.7. The SMILES string of the molecule is CCCCC[C@H]1CC[C@H](/C=C/COc2ccc(CO[C@@H](C(=O)OCCCC)[C@@H](OCc3ccc(OC/C=C/[C@H]4CC[C@H](CCCCC)CC4)cc3)C(=O)OCCCC)cc2)CC1. The van der Waals surface area contributed by atoms with Crippen LogP contribution < -0.4 is 9.47 Å². The van der Waals surface area contributed by atoms with Gasteiger partial charge >= 0.3 is 11.9 Å². The van der Waals surface area contributed by atoms with E-state index in [4.69, 9.17) is 28.4 Å². The van der Waals surface area contributed by atoms with Crippen LogP contribution in [0.4, 0.5) is 0 Å². The Kier molecular flexibility index (Phi) is 25.7. The van der Waals surface area contributed by atoms with Gasteiger partial charge in [-0.15, -0.1) is 0 Å². The van der Waals surface area contributed by atoms with Crippen molar-refractivity contribution in [1.29, 1.82) is 0 Å². The van der Waals surface area contributed by atoms with Gasteiger partial charge in [0.2, 0.25) is 0 Å². The first-order valence-electron chi connectivity index (χ1n) is 24.7. The van der Waals surface area contributed by atoms with Crippen LogP contribution in [0.5, 0.6) is 11.5 Å². The van der Waals surface area contributed by atoms with Gasteiger partial charge in [0.1, 0.15) is 24.7 Å². The second-order valence-corrected chi connectivity index (χ2v) is 17.8. The van der Waals surface area contributed by atoms with Crippen molar-refractivity contribution in [2.24, 2.45) is 23.7 Å². The Morgan fingerprint density at radius 1 is 0.516 bits per heavy atom. The minimum Gasteiger partial charge on any atom is -0.490 e. The Bertz CT molecular complexity index is 1400. The Morgan fingerprint density at radius 2 is 0.887 bits per heavy atom. The van der Waals surface area contributed by atoms with Crippen LogP contribution in [0, 0.1) is 23.7 Å². The highest BCUT2D eigenvalue weighted by Gasteiger charge is 2.38. The van der Waals surface area contributed by atoms with Crippen molar-refractivity contribution >= 4 is 11.9 Å². The lowest BCUT2D eigenvalue weighted by Crippen LogP contribution is -2.45. The summed E-state index contributed by atoms with van der Waals surface area (Å²) in [7, 11) is 0. The third kappa shape index (κ3) is 20.3. The molecule has 0 saturated heterocycles. The molecule has 0 radical (unpaired) electrons. The maximum atomic E-state index is 13.6. The maximum absolute atomic E-state index is 13.6. The van der Waals surface area contributed by atoms with E-state index in [9.17, 15) is 9.59 Å². The monoisotopic (exact) mass is 859 g/mol. The molecule has 4 rings (SSSR count). The van der Waals surface area contributed by atoms with Gasteiger partial charge in [-0.1, -0.05) is 140 Å². The predicted octanol–water partition coefficient (Wildman–Crippen LogP) is 13.5. The number of rotatable bonds is 31. The van der Waals surface area contributed by atoms with Gasteiger partial charge in [0.15, 0.2) is 12.2 Å². The lowest BCUT2D eigenvalue weighted by Gasteiger charge is -2.26. The van der Waals surface area contributed by atoms with E-state index < -0.39 is 24.1 Å². The molecule has 0 bridgehead atoms. The van der Waals surface area contributed by atoms with E-state index in [0.29, 0.717) is 37.9 Å². The minimum absolute atomic E-state index is 0.0672. The molecular weight excluding hydrogens is 777 g/mol. The minimum atomic E-state index is -1.32. The van der Waals surface area contributed by atoms with Crippen LogP contribution in [0.25, 0.3) is 0 Å². The lowest BCUT2D eigenvalue weighted by atomic mass is 9.79. The zero-order valence-corrected chi connectivity index (χ0v) is 39.0. The number of esters is 2. The second kappa shape index (κ2) is 31.3. The summed E-state index contributed by atoms with van der Waals surface area (Å²) in [4.78, 5) is 27.1. The smallest absolute Gasteiger partial charge is 0.338 e. The molecule has 0 spiro atoms. The molecule has 0 amide bonds. The Balaban J connectivity index is 1.28. The van der Waals surface area contributed by atoms with Crippen molar-refractivity contribution in [3.8, 4) is 11.5 Å². The van der Waals surface area contributed by atoms with E-state index in [-0.39, 0.29) is 26.4 Å². The summed E-state index contributed by atoms with van der Waals surface area (Å²) in [5.74, 6) is 3.33. The molecule has 0 N–H and O–H groups in total. The first-order valence-corrected chi connectivity index (χ1v) is 24.7. The second-order valence-electron chi connectivity index (χ2n) is 17.8. The van der Waals surface area contributed by atoms with Gasteiger partial charge < -0.3 is 28.4 Å². The van der Waals surface area contributed by atoms with Crippen LogP contribution in [-0.4, -0.2) is 50.6 Å². The van der Waals surface area contributed by atoms with Crippen molar-refractivity contribution < 1.29 is 38.0 Å². The predicted molar refractivity (Wildman–Crippen MR) is 250 cm³/mol. The zero-order valence-electron chi connectivity index (χ0n) is 39.0. The van der Waals surface area contributed by atoms with Crippen LogP contribution >= 0.6 is 0 Å². The van der Waals surface area contributed by atoms with E-state index in [1.807, 2.05) is 62.4 Å². The van der Waals surface area contributed by atoms with Crippen LogP contribution in [0.3, 0.4) is 0 Å². The Morgan fingerprint density at radius 3 is 1.24 bits per heavy atom. The number of benzene rings is 2. The van der Waals surface area contributed by atoms with Crippen molar-refractivity contribution in [1.82, 2.24) is 0 Å². The van der Waals surface area contributed by atoms with Gasteiger partial charge in [-0.2, -0.15) is 0 Å². The van der Waals surface area contributed by atoms with Crippen molar-refractivity contribution in [3.63, 3.8) is 0 Å². The number of unbranched alkanes of at least 4 members (excludes halogenated alkanes) is 6. The van der Waals surface area contributed by atoms with Crippen molar-refractivity contribution in [2.45, 2.75) is 182 Å². The molecule has 0 aromatic heterocycles. The molecule has 8 heteroatoms. The lowest BCUT2D eigenvalue weighted by molar-refractivity contribution is -0.186. The fourth-order valence-electron chi connectivity index (χ4n) is 8.58. The summed E-state index contributed by atoms with van der Waals surface area (Å²) in [6.07, 6.45) is 30.8. The molecular formula is C54H82O8. The molecule has 2 aliphatic rings. The summed E-state index contributed by atoms with van der Waals surface area (Å²) < 4.78 is 35.7. The summed E-state index contributed by atoms with van der Waals surface area (Å²) in [6, 6.07) is 15.3. The van der Waals surface area contributed by atoms with E-state index in [2.05, 4.69) is 38.2 Å². The number of hydrogen-bond donors (Lipinski definition) is 0. The molecule has 2 fully saturated rings. The average molecular weight is 859 g/mol. The molecule has 2 aliphatic carbocycles. The van der Waals surface area contributed by atoms with E-state index >= 15 is 0 Å². The van der Waals surface area contributed by atoms with E-state index in [1.54, 1.807) is 0 Å². The van der Waals surface area contributed by atoms with Gasteiger partial charge in [0.25, 0.3) is 0 Å². The fourth-order valence-corrected chi connectivity index (χ4v) is 8.58. The maximum Gasteiger partial charge on any atom is 0.338 e. The van der Waals surface area contributed by atoms with Crippen LogP contribution in [0.2, 0.25) is 0 Å². The van der Waals surface area contributed by atoms with E-state index in [1.165, 1.54) is 103 Å². The van der Waals surface area contributed by atoms with Crippen LogP contribution in [0.1, 0.15) is 167 Å². The Labute approximate surface area is 375 Å². The molecule has 2 aromatic carbocycles. The van der Waals surface area contributed by atoms with Crippen LogP contribution in [-0.2, 0) is 41.8 Å². The van der Waals surface area contributed by atoms with Gasteiger partial charge in [-0.3, -0.25) is 0 Å². The van der Waals surface area contributed by atoms with Gasteiger partial charge in [-0.05, 0) is 123 Å². The van der Waals surface area contributed by atoms with Gasteiger partial charge in [0, 0.05) is 0 Å². The van der Waals surface area contributed by atoms with Gasteiger partial charge in [0.05, 0.1) is 26.4 Å². The largest absolute Gasteiger partial charge is 0.490 e. The molecule has 0 heterocycles.